The topological polar surface area (TPSA) is 81.8 Å². The van der Waals surface area contributed by atoms with E-state index in [2.05, 4.69) is 27.3 Å². The maximum absolute atomic E-state index is 13.1. The summed E-state index contributed by atoms with van der Waals surface area (Å²) in [7, 11) is 0. The van der Waals surface area contributed by atoms with Gasteiger partial charge in [-0.15, -0.1) is 0 Å². The molecule has 6 heteroatoms. The van der Waals surface area contributed by atoms with Crippen LogP contribution in [0.3, 0.4) is 0 Å². The first kappa shape index (κ1) is 18.2. The van der Waals surface area contributed by atoms with Crippen LogP contribution in [0.5, 0.6) is 0 Å². The zero-order valence-corrected chi connectivity index (χ0v) is 16.2. The van der Waals surface area contributed by atoms with E-state index >= 15 is 0 Å². The summed E-state index contributed by atoms with van der Waals surface area (Å²) in [6.07, 6.45) is 3.72. The molecule has 1 amide bonds. The average Bonchev–Trinajstić information content (AvgIpc) is 3.18. The van der Waals surface area contributed by atoms with Gasteiger partial charge in [0.1, 0.15) is 5.56 Å². The molecule has 1 aliphatic rings. The lowest BCUT2D eigenvalue weighted by Gasteiger charge is -2.33. The highest BCUT2D eigenvalue weighted by molar-refractivity contribution is 5.95. The molecule has 1 atom stereocenters. The monoisotopic (exact) mass is 376 g/mol. The second-order valence-electron chi connectivity index (χ2n) is 7.47. The van der Waals surface area contributed by atoms with Gasteiger partial charge in [0, 0.05) is 47.7 Å². The van der Waals surface area contributed by atoms with Crippen molar-refractivity contribution in [2.45, 2.75) is 32.6 Å². The van der Waals surface area contributed by atoms with Crippen LogP contribution in [0.15, 0.2) is 47.4 Å². The largest absolute Gasteiger partial charge is 0.362 e. The van der Waals surface area contributed by atoms with Gasteiger partial charge in [0.05, 0.1) is 6.20 Å². The SMILES string of the molecule is Cc1cc(=O)c(C(=O)N2CCC[C@@H](c3[nH]ncc3-c3ccccc3)C2)c(C)[nH]1. The number of piperidine rings is 1. The fraction of sp³-hybridized carbons (Fsp3) is 0.318. The summed E-state index contributed by atoms with van der Waals surface area (Å²) < 4.78 is 0. The Bertz CT molecular complexity index is 1050. The maximum Gasteiger partial charge on any atom is 0.259 e. The number of hydrogen-bond acceptors (Lipinski definition) is 3. The number of carbonyl (C=O) groups is 1. The lowest BCUT2D eigenvalue weighted by Crippen LogP contribution is -2.41. The molecular formula is C22H24N4O2. The van der Waals surface area contributed by atoms with E-state index in [0.29, 0.717) is 18.8 Å². The van der Waals surface area contributed by atoms with Crippen LogP contribution in [0.4, 0.5) is 0 Å². The Morgan fingerprint density at radius 1 is 1.21 bits per heavy atom. The molecule has 2 N–H and O–H groups in total. The average molecular weight is 376 g/mol. The molecule has 0 bridgehead atoms. The molecule has 1 aliphatic heterocycles. The van der Waals surface area contributed by atoms with E-state index in [1.54, 1.807) is 11.8 Å². The predicted octanol–water partition coefficient (Wildman–Crippen LogP) is 3.40. The highest BCUT2D eigenvalue weighted by Gasteiger charge is 2.30. The summed E-state index contributed by atoms with van der Waals surface area (Å²) in [5.74, 6) is -0.0236. The standard InChI is InChI=1S/C22H24N4O2/c1-14-11-19(27)20(15(2)24-14)22(28)26-10-6-9-17(13-26)21-18(12-23-25-21)16-7-4-3-5-8-16/h3-5,7-8,11-12,17H,6,9-10,13H2,1-2H3,(H,23,25)(H,24,27)/t17-/m1/s1. The van der Waals surface area contributed by atoms with Crippen molar-refractivity contribution in [2.75, 3.05) is 13.1 Å². The number of carbonyl (C=O) groups excluding carboxylic acids is 1. The fourth-order valence-corrected chi connectivity index (χ4v) is 4.12. The molecule has 6 nitrogen and oxygen atoms in total. The van der Waals surface area contributed by atoms with Crippen LogP contribution in [-0.4, -0.2) is 39.1 Å². The van der Waals surface area contributed by atoms with Gasteiger partial charge in [-0.2, -0.15) is 5.10 Å². The van der Waals surface area contributed by atoms with E-state index in [4.69, 9.17) is 0 Å². The Balaban J connectivity index is 1.61. The molecule has 1 saturated heterocycles. The summed E-state index contributed by atoms with van der Waals surface area (Å²) >= 11 is 0. The fourth-order valence-electron chi connectivity index (χ4n) is 4.12. The van der Waals surface area contributed by atoms with Crippen molar-refractivity contribution in [3.8, 4) is 11.1 Å². The number of aryl methyl sites for hydroxylation is 2. The smallest absolute Gasteiger partial charge is 0.259 e. The molecule has 3 aromatic rings. The lowest BCUT2D eigenvalue weighted by molar-refractivity contribution is 0.0703. The molecule has 0 unspecified atom stereocenters. The normalized spacial score (nSPS) is 16.9. The van der Waals surface area contributed by atoms with Crippen LogP contribution in [0.2, 0.25) is 0 Å². The van der Waals surface area contributed by atoms with Crippen LogP contribution in [0.1, 0.15) is 46.2 Å². The van der Waals surface area contributed by atoms with Gasteiger partial charge in [-0.1, -0.05) is 30.3 Å². The van der Waals surface area contributed by atoms with Crippen molar-refractivity contribution in [1.82, 2.24) is 20.1 Å². The molecule has 0 radical (unpaired) electrons. The number of likely N-dealkylation sites (tertiary alicyclic amines) is 1. The molecule has 0 saturated carbocycles. The van der Waals surface area contributed by atoms with E-state index in [0.717, 1.165) is 35.4 Å². The van der Waals surface area contributed by atoms with Gasteiger partial charge >= 0.3 is 0 Å². The summed E-state index contributed by atoms with van der Waals surface area (Å²) in [5, 5.41) is 7.40. The minimum atomic E-state index is -0.215. The molecule has 28 heavy (non-hydrogen) atoms. The molecule has 2 aromatic heterocycles. The Labute approximate surface area is 163 Å². The van der Waals surface area contributed by atoms with E-state index in [1.165, 1.54) is 6.07 Å². The van der Waals surface area contributed by atoms with Gasteiger partial charge in [0.25, 0.3) is 5.91 Å². The summed E-state index contributed by atoms with van der Waals surface area (Å²) in [5.41, 5.74) is 4.67. The van der Waals surface area contributed by atoms with Crippen molar-refractivity contribution in [1.29, 1.82) is 0 Å². The molecule has 144 valence electrons. The van der Waals surface area contributed by atoms with Crippen molar-refractivity contribution in [2.24, 2.45) is 0 Å². The second-order valence-corrected chi connectivity index (χ2v) is 7.47. The predicted molar refractivity (Wildman–Crippen MR) is 108 cm³/mol. The first-order valence-corrected chi connectivity index (χ1v) is 9.63. The number of aromatic amines is 2. The van der Waals surface area contributed by atoms with Gasteiger partial charge in [0.2, 0.25) is 0 Å². The number of amides is 1. The van der Waals surface area contributed by atoms with E-state index < -0.39 is 0 Å². The van der Waals surface area contributed by atoms with Crippen molar-refractivity contribution < 1.29 is 4.79 Å². The number of rotatable bonds is 3. The Morgan fingerprint density at radius 3 is 2.75 bits per heavy atom. The van der Waals surface area contributed by atoms with Crippen LogP contribution < -0.4 is 5.43 Å². The van der Waals surface area contributed by atoms with Crippen LogP contribution >= 0.6 is 0 Å². The van der Waals surface area contributed by atoms with E-state index in [-0.39, 0.29) is 22.8 Å². The molecule has 4 rings (SSSR count). The Morgan fingerprint density at radius 2 is 2.00 bits per heavy atom. The highest BCUT2D eigenvalue weighted by atomic mass is 16.2. The van der Waals surface area contributed by atoms with E-state index in [9.17, 15) is 9.59 Å². The van der Waals surface area contributed by atoms with Crippen molar-refractivity contribution >= 4 is 5.91 Å². The molecule has 3 heterocycles. The second kappa shape index (κ2) is 7.46. The number of aromatic nitrogens is 3. The highest BCUT2D eigenvalue weighted by Crippen LogP contribution is 2.33. The van der Waals surface area contributed by atoms with Gasteiger partial charge in [-0.3, -0.25) is 14.7 Å². The van der Waals surface area contributed by atoms with Crippen LogP contribution in [0, 0.1) is 13.8 Å². The summed E-state index contributed by atoms with van der Waals surface area (Å²) in [6.45, 7) is 4.85. The Hall–Kier alpha value is -3.15. The van der Waals surface area contributed by atoms with Crippen molar-refractivity contribution in [3.05, 3.63) is 75.5 Å². The number of hydrogen-bond donors (Lipinski definition) is 2. The number of nitrogens with zero attached hydrogens (tertiary/aromatic N) is 2. The van der Waals surface area contributed by atoms with Gasteiger partial charge in [0.15, 0.2) is 5.43 Å². The van der Waals surface area contributed by atoms with Gasteiger partial charge in [-0.25, -0.2) is 0 Å². The zero-order chi connectivity index (χ0) is 19.7. The number of pyridine rings is 1. The molecule has 0 spiro atoms. The number of nitrogens with one attached hydrogen (secondary N) is 2. The minimum Gasteiger partial charge on any atom is -0.362 e. The van der Waals surface area contributed by atoms with Crippen LogP contribution in [-0.2, 0) is 0 Å². The zero-order valence-electron chi connectivity index (χ0n) is 16.2. The third-order valence-electron chi connectivity index (χ3n) is 5.44. The Kier molecular flexibility index (Phi) is 4.86. The quantitative estimate of drug-likeness (QED) is 0.735. The van der Waals surface area contributed by atoms with Gasteiger partial charge < -0.3 is 9.88 Å². The molecule has 0 aliphatic carbocycles. The minimum absolute atomic E-state index is 0.167. The van der Waals surface area contributed by atoms with Crippen molar-refractivity contribution in [3.63, 3.8) is 0 Å². The molecule has 1 fully saturated rings. The maximum atomic E-state index is 13.1. The number of H-pyrrole nitrogens is 2. The summed E-state index contributed by atoms with van der Waals surface area (Å²) in [6, 6.07) is 11.6. The lowest BCUT2D eigenvalue weighted by atomic mass is 9.90. The number of benzene rings is 1. The first-order chi connectivity index (χ1) is 13.5. The third-order valence-corrected chi connectivity index (χ3v) is 5.44. The first-order valence-electron chi connectivity index (χ1n) is 9.63. The van der Waals surface area contributed by atoms with Gasteiger partial charge in [-0.05, 0) is 32.3 Å². The van der Waals surface area contributed by atoms with Crippen LogP contribution in [0.25, 0.3) is 11.1 Å². The van der Waals surface area contributed by atoms with E-state index in [1.807, 2.05) is 31.3 Å². The third kappa shape index (κ3) is 3.38. The molecule has 1 aromatic carbocycles. The molecular weight excluding hydrogens is 352 g/mol. The summed E-state index contributed by atoms with van der Waals surface area (Å²) in [4.78, 5) is 30.4.